The van der Waals surface area contributed by atoms with Gasteiger partial charge in [-0.15, -0.1) is 0 Å². The van der Waals surface area contributed by atoms with E-state index in [0.29, 0.717) is 11.4 Å². The number of nitrogens with one attached hydrogen (secondary N) is 1. The molecule has 0 radical (unpaired) electrons. The van der Waals surface area contributed by atoms with E-state index in [4.69, 9.17) is 17.3 Å². The Labute approximate surface area is 129 Å². The zero-order chi connectivity index (χ0) is 15.6. The third kappa shape index (κ3) is 3.59. The molecule has 0 atom stereocenters. The number of hydrogen-bond acceptors (Lipinski definition) is 4. The Kier molecular flexibility index (Phi) is 4.29. The molecule has 5 nitrogen and oxygen atoms in total. The number of anilines is 3. The molecule has 7 heteroatoms. The van der Waals surface area contributed by atoms with Gasteiger partial charge in [0.2, 0.25) is 0 Å². The second-order valence-corrected chi connectivity index (χ2v) is 6.80. The fourth-order valence-corrected chi connectivity index (χ4v) is 3.40. The Morgan fingerprint density at radius 3 is 2.48 bits per heavy atom. The van der Waals surface area contributed by atoms with Crippen molar-refractivity contribution in [1.82, 2.24) is 0 Å². The van der Waals surface area contributed by atoms with Crippen LogP contribution in [0.1, 0.15) is 0 Å². The van der Waals surface area contributed by atoms with Gasteiger partial charge in [-0.1, -0.05) is 17.7 Å². The van der Waals surface area contributed by atoms with Crippen LogP contribution < -0.4 is 15.4 Å². The van der Waals surface area contributed by atoms with Gasteiger partial charge in [-0.05, 0) is 36.4 Å². The number of nitrogen functional groups attached to an aromatic ring is 1. The average molecular weight is 326 g/mol. The van der Waals surface area contributed by atoms with Crippen molar-refractivity contribution < 1.29 is 8.42 Å². The summed E-state index contributed by atoms with van der Waals surface area (Å²) in [5.41, 5.74) is 7.34. The number of rotatable bonds is 4. The summed E-state index contributed by atoms with van der Waals surface area (Å²) in [6.45, 7) is 0. The molecule has 2 aromatic carbocycles. The third-order valence-electron chi connectivity index (χ3n) is 2.86. The summed E-state index contributed by atoms with van der Waals surface area (Å²) in [6.07, 6.45) is 0. The van der Waals surface area contributed by atoms with Crippen molar-refractivity contribution in [3.05, 3.63) is 47.5 Å². The van der Waals surface area contributed by atoms with Crippen molar-refractivity contribution in [2.45, 2.75) is 4.90 Å². The molecule has 0 bridgehead atoms. The molecule has 0 aliphatic rings. The molecule has 2 rings (SSSR count). The number of benzene rings is 2. The molecule has 21 heavy (non-hydrogen) atoms. The quantitative estimate of drug-likeness (QED) is 0.848. The molecule has 0 amide bonds. The first kappa shape index (κ1) is 15.5. The first-order chi connectivity index (χ1) is 9.79. The maximum atomic E-state index is 12.4. The molecule has 0 saturated heterocycles. The highest BCUT2D eigenvalue weighted by molar-refractivity contribution is 7.92. The van der Waals surface area contributed by atoms with Crippen molar-refractivity contribution in [3.8, 4) is 0 Å². The summed E-state index contributed by atoms with van der Waals surface area (Å²) in [6, 6.07) is 11.4. The lowest BCUT2D eigenvalue weighted by molar-refractivity contribution is 0.601. The van der Waals surface area contributed by atoms with E-state index in [1.807, 2.05) is 25.1 Å². The predicted octanol–water partition coefficient (Wildman–Crippen LogP) is 2.79. The van der Waals surface area contributed by atoms with Crippen LogP contribution in [0.2, 0.25) is 5.02 Å². The number of nitrogens with two attached hydrogens (primary N) is 1. The Bertz CT molecular complexity index is 761. The van der Waals surface area contributed by atoms with E-state index in [1.165, 1.54) is 18.2 Å². The monoisotopic (exact) mass is 325 g/mol. The predicted molar refractivity (Wildman–Crippen MR) is 87.4 cm³/mol. The SMILES string of the molecule is CN(C)c1cccc(NS(=O)(=O)c2ccc(N)cc2Cl)c1. The van der Waals surface area contributed by atoms with E-state index in [9.17, 15) is 8.42 Å². The molecule has 0 aliphatic heterocycles. The lowest BCUT2D eigenvalue weighted by Crippen LogP contribution is -2.14. The van der Waals surface area contributed by atoms with E-state index in [1.54, 1.807) is 18.2 Å². The average Bonchev–Trinajstić information content (AvgIpc) is 2.37. The van der Waals surface area contributed by atoms with Crippen LogP contribution in [0.4, 0.5) is 17.1 Å². The molecule has 3 N–H and O–H groups in total. The normalized spacial score (nSPS) is 11.2. The second-order valence-electron chi connectivity index (χ2n) is 4.74. The van der Waals surface area contributed by atoms with Gasteiger partial charge in [-0.3, -0.25) is 4.72 Å². The highest BCUT2D eigenvalue weighted by Gasteiger charge is 2.18. The van der Waals surface area contributed by atoms with E-state index < -0.39 is 10.0 Å². The van der Waals surface area contributed by atoms with E-state index in [-0.39, 0.29) is 9.92 Å². The lowest BCUT2D eigenvalue weighted by Gasteiger charge is -2.15. The minimum absolute atomic E-state index is 0.00590. The fourth-order valence-electron chi connectivity index (χ4n) is 1.79. The summed E-state index contributed by atoms with van der Waals surface area (Å²) in [5, 5.41) is 0.0891. The molecule has 0 fully saturated rings. The van der Waals surface area contributed by atoms with Crippen LogP contribution >= 0.6 is 11.6 Å². The van der Waals surface area contributed by atoms with Crippen LogP contribution in [0.3, 0.4) is 0 Å². The minimum atomic E-state index is -3.76. The molecule has 0 heterocycles. The summed E-state index contributed by atoms with van der Waals surface area (Å²) < 4.78 is 27.2. The molecule has 0 unspecified atom stereocenters. The maximum absolute atomic E-state index is 12.4. The Morgan fingerprint density at radius 2 is 1.86 bits per heavy atom. The van der Waals surface area contributed by atoms with Gasteiger partial charge in [0, 0.05) is 25.5 Å². The second kappa shape index (κ2) is 5.83. The van der Waals surface area contributed by atoms with E-state index in [2.05, 4.69) is 4.72 Å². The molecule has 112 valence electrons. The van der Waals surface area contributed by atoms with Crippen LogP contribution in [-0.4, -0.2) is 22.5 Å². The van der Waals surface area contributed by atoms with E-state index in [0.717, 1.165) is 5.69 Å². The Morgan fingerprint density at radius 1 is 1.14 bits per heavy atom. The van der Waals surface area contributed by atoms with Crippen LogP contribution in [0, 0.1) is 0 Å². The highest BCUT2D eigenvalue weighted by atomic mass is 35.5. The molecule has 0 aliphatic carbocycles. The fraction of sp³-hybridized carbons (Fsp3) is 0.143. The smallest absolute Gasteiger partial charge is 0.263 e. The molecule has 0 aromatic heterocycles. The molecular formula is C14H16ClN3O2S. The maximum Gasteiger partial charge on any atom is 0.263 e. The zero-order valence-corrected chi connectivity index (χ0v) is 13.2. The van der Waals surface area contributed by atoms with Gasteiger partial charge in [0.25, 0.3) is 10.0 Å². The Balaban J connectivity index is 2.35. The van der Waals surface area contributed by atoms with Gasteiger partial charge in [0.05, 0.1) is 10.7 Å². The number of sulfonamides is 1. The van der Waals surface area contributed by atoms with Crippen LogP contribution in [0.5, 0.6) is 0 Å². The lowest BCUT2D eigenvalue weighted by atomic mass is 10.3. The van der Waals surface area contributed by atoms with Gasteiger partial charge >= 0.3 is 0 Å². The zero-order valence-electron chi connectivity index (χ0n) is 11.7. The third-order valence-corrected chi connectivity index (χ3v) is 4.72. The van der Waals surface area contributed by atoms with Crippen molar-refractivity contribution in [2.75, 3.05) is 29.5 Å². The summed E-state index contributed by atoms with van der Waals surface area (Å²) in [7, 11) is -0.000403. The highest BCUT2D eigenvalue weighted by Crippen LogP contribution is 2.26. The summed E-state index contributed by atoms with van der Waals surface area (Å²) in [4.78, 5) is 1.88. The van der Waals surface area contributed by atoms with Crippen LogP contribution in [0.15, 0.2) is 47.4 Å². The molecule has 0 spiro atoms. The van der Waals surface area contributed by atoms with E-state index >= 15 is 0 Å². The minimum Gasteiger partial charge on any atom is -0.399 e. The Hall–Kier alpha value is -1.92. The first-order valence-corrected chi connectivity index (χ1v) is 8.01. The van der Waals surface area contributed by atoms with Gasteiger partial charge in [0.15, 0.2) is 0 Å². The molecule has 2 aromatic rings. The molecule has 0 saturated carbocycles. The van der Waals surface area contributed by atoms with Crippen molar-refractivity contribution in [2.24, 2.45) is 0 Å². The number of nitrogens with zero attached hydrogens (tertiary/aromatic N) is 1. The largest absolute Gasteiger partial charge is 0.399 e. The van der Waals surface area contributed by atoms with Gasteiger partial charge < -0.3 is 10.6 Å². The standard InChI is InChI=1S/C14H16ClN3O2S/c1-18(2)12-5-3-4-11(9-12)17-21(19,20)14-7-6-10(16)8-13(14)15/h3-9,17H,16H2,1-2H3. The van der Waals surface area contributed by atoms with Crippen LogP contribution in [-0.2, 0) is 10.0 Å². The van der Waals surface area contributed by atoms with Gasteiger partial charge in [-0.25, -0.2) is 8.42 Å². The van der Waals surface area contributed by atoms with Crippen molar-refractivity contribution in [1.29, 1.82) is 0 Å². The van der Waals surface area contributed by atoms with Crippen LogP contribution in [0.25, 0.3) is 0 Å². The van der Waals surface area contributed by atoms with Crippen molar-refractivity contribution in [3.63, 3.8) is 0 Å². The number of hydrogen-bond donors (Lipinski definition) is 2. The molecular weight excluding hydrogens is 310 g/mol. The van der Waals surface area contributed by atoms with Gasteiger partial charge in [0.1, 0.15) is 4.90 Å². The summed E-state index contributed by atoms with van der Waals surface area (Å²) >= 11 is 5.95. The topological polar surface area (TPSA) is 75.4 Å². The number of halogens is 1. The van der Waals surface area contributed by atoms with Crippen molar-refractivity contribution >= 4 is 38.7 Å². The first-order valence-electron chi connectivity index (χ1n) is 6.15. The van der Waals surface area contributed by atoms with Gasteiger partial charge in [-0.2, -0.15) is 0 Å². The summed E-state index contributed by atoms with van der Waals surface area (Å²) in [5.74, 6) is 0.